The molecule has 0 spiro atoms. The van der Waals surface area contributed by atoms with Gasteiger partial charge in [0.1, 0.15) is 0 Å². The molecule has 0 aromatic carbocycles. The summed E-state index contributed by atoms with van der Waals surface area (Å²) >= 11 is 1.42. The van der Waals surface area contributed by atoms with Crippen LogP contribution in [-0.4, -0.2) is 83.9 Å². The number of nitrogens with zero attached hydrogens (tertiary/aromatic N) is 4. The minimum atomic E-state index is -0.0263. The SMILES string of the molecule is O=C(CN1CCN(CC(=O)N2CCCC2)CC1)Nc1nccs1. The van der Waals surface area contributed by atoms with E-state index in [9.17, 15) is 9.59 Å². The molecule has 0 aliphatic carbocycles. The van der Waals surface area contributed by atoms with E-state index in [0.29, 0.717) is 18.2 Å². The van der Waals surface area contributed by atoms with Gasteiger partial charge < -0.3 is 10.2 Å². The lowest BCUT2D eigenvalue weighted by Crippen LogP contribution is -2.51. The van der Waals surface area contributed by atoms with Crippen LogP contribution in [0, 0.1) is 0 Å². The van der Waals surface area contributed by atoms with E-state index in [1.165, 1.54) is 11.3 Å². The normalized spacial score (nSPS) is 19.9. The zero-order valence-corrected chi connectivity index (χ0v) is 14.1. The van der Waals surface area contributed by atoms with Crippen LogP contribution in [0.25, 0.3) is 0 Å². The van der Waals surface area contributed by atoms with E-state index in [1.54, 1.807) is 6.20 Å². The first-order chi connectivity index (χ1) is 11.2. The molecule has 0 bridgehead atoms. The molecule has 3 rings (SSSR count). The maximum atomic E-state index is 12.2. The zero-order chi connectivity index (χ0) is 16.1. The summed E-state index contributed by atoms with van der Waals surface area (Å²) in [5, 5.41) is 5.28. The number of carbonyl (C=O) groups excluding carboxylic acids is 2. The van der Waals surface area contributed by atoms with Crippen molar-refractivity contribution in [2.75, 3.05) is 57.7 Å². The van der Waals surface area contributed by atoms with Gasteiger partial charge in [0.25, 0.3) is 0 Å². The van der Waals surface area contributed by atoms with Crippen molar-refractivity contribution in [2.45, 2.75) is 12.8 Å². The van der Waals surface area contributed by atoms with Crippen LogP contribution >= 0.6 is 11.3 Å². The van der Waals surface area contributed by atoms with Crippen molar-refractivity contribution in [3.8, 4) is 0 Å². The Hall–Kier alpha value is -1.51. The first-order valence-corrected chi connectivity index (χ1v) is 9.00. The van der Waals surface area contributed by atoms with Gasteiger partial charge >= 0.3 is 0 Å². The minimum Gasteiger partial charge on any atom is -0.342 e. The zero-order valence-electron chi connectivity index (χ0n) is 13.2. The predicted octanol–water partition coefficient (Wildman–Crippen LogP) is 0.322. The minimum absolute atomic E-state index is 0.0263. The lowest BCUT2D eigenvalue weighted by atomic mass is 10.3. The maximum absolute atomic E-state index is 12.2. The Morgan fingerprint density at radius 2 is 1.70 bits per heavy atom. The molecule has 3 heterocycles. The molecular formula is C15H23N5O2S. The maximum Gasteiger partial charge on any atom is 0.240 e. The Kier molecular flexibility index (Phi) is 5.58. The summed E-state index contributed by atoms with van der Waals surface area (Å²) in [6, 6.07) is 0. The van der Waals surface area contributed by atoms with Crippen molar-refractivity contribution in [2.24, 2.45) is 0 Å². The van der Waals surface area contributed by atoms with Crippen molar-refractivity contribution in [1.82, 2.24) is 19.7 Å². The van der Waals surface area contributed by atoms with E-state index in [-0.39, 0.29) is 11.8 Å². The van der Waals surface area contributed by atoms with E-state index in [1.807, 2.05) is 10.3 Å². The van der Waals surface area contributed by atoms with Crippen LogP contribution in [0.3, 0.4) is 0 Å². The molecule has 1 N–H and O–H groups in total. The summed E-state index contributed by atoms with van der Waals surface area (Å²) in [6.45, 7) is 6.03. The fraction of sp³-hybridized carbons (Fsp3) is 0.667. The first kappa shape index (κ1) is 16.4. The average molecular weight is 337 g/mol. The van der Waals surface area contributed by atoms with E-state index >= 15 is 0 Å². The second-order valence-corrected chi connectivity index (χ2v) is 6.92. The van der Waals surface area contributed by atoms with Gasteiger partial charge in [0.05, 0.1) is 13.1 Å². The summed E-state index contributed by atoms with van der Waals surface area (Å²) in [6.07, 6.45) is 3.94. The van der Waals surface area contributed by atoms with Crippen molar-refractivity contribution < 1.29 is 9.59 Å². The molecule has 0 radical (unpaired) electrons. The lowest BCUT2D eigenvalue weighted by Gasteiger charge is -2.34. The second kappa shape index (κ2) is 7.85. The van der Waals surface area contributed by atoms with E-state index in [2.05, 4.69) is 20.1 Å². The number of hydrogen-bond acceptors (Lipinski definition) is 6. The van der Waals surface area contributed by atoms with Gasteiger partial charge in [-0.2, -0.15) is 0 Å². The summed E-state index contributed by atoms with van der Waals surface area (Å²) in [5.41, 5.74) is 0. The Morgan fingerprint density at radius 1 is 1.04 bits per heavy atom. The van der Waals surface area contributed by atoms with Crippen molar-refractivity contribution in [3.05, 3.63) is 11.6 Å². The number of anilines is 1. The number of thiazole rings is 1. The molecule has 1 aromatic rings. The molecule has 8 heteroatoms. The molecule has 2 saturated heterocycles. The Labute approximate surface area is 140 Å². The monoisotopic (exact) mass is 337 g/mol. The molecule has 2 aliphatic heterocycles. The second-order valence-electron chi connectivity index (χ2n) is 6.03. The van der Waals surface area contributed by atoms with E-state index in [4.69, 9.17) is 0 Å². The Morgan fingerprint density at radius 3 is 2.30 bits per heavy atom. The molecule has 0 atom stereocenters. The number of piperazine rings is 1. The fourth-order valence-corrected chi connectivity index (χ4v) is 3.56. The molecule has 126 valence electrons. The Bertz CT molecular complexity index is 522. The molecule has 2 aliphatic rings. The Balaban J connectivity index is 1.36. The number of nitrogens with one attached hydrogen (secondary N) is 1. The highest BCUT2D eigenvalue weighted by Crippen LogP contribution is 2.11. The quantitative estimate of drug-likeness (QED) is 0.838. The van der Waals surface area contributed by atoms with Crippen LogP contribution in [0.1, 0.15) is 12.8 Å². The highest BCUT2D eigenvalue weighted by molar-refractivity contribution is 7.13. The molecule has 2 amide bonds. The number of rotatable bonds is 5. The summed E-state index contributed by atoms with van der Waals surface area (Å²) < 4.78 is 0. The van der Waals surface area contributed by atoms with Gasteiger partial charge in [-0.25, -0.2) is 4.98 Å². The number of likely N-dealkylation sites (tertiary alicyclic amines) is 1. The molecule has 1 aromatic heterocycles. The topological polar surface area (TPSA) is 68.8 Å². The van der Waals surface area contributed by atoms with Gasteiger partial charge in [-0.3, -0.25) is 19.4 Å². The molecule has 0 unspecified atom stereocenters. The third-order valence-corrected chi connectivity index (χ3v) is 5.02. The largest absolute Gasteiger partial charge is 0.342 e. The van der Waals surface area contributed by atoms with Gasteiger partial charge in [0.15, 0.2) is 5.13 Å². The van der Waals surface area contributed by atoms with E-state index in [0.717, 1.165) is 52.1 Å². The fourth-order valence-electron chi connectivity index (χ4n) is 3.01. The van der Waals surface area contributed by atoms with Gasteiger partial charge in [-0.1, -0.05) is 0 Å². The van der Waals surface area contributed by atoms with Gasteiger partial charge in [-0.05, 0) is 12.8 Å². The van der Waals surface area contributed by atoms with E-state index < -0.39 is 0 Å². The number of aromatic nitrogens is 1. The summed E-state index contributed by atoms with van der Waals surface area (Å²) in [7, 11) is 0. The smallest absolute Gasteiger partial charge is 0.240 e. The van der Waals surface area contributed by atoms with Crippen LogP contribution in [-0.2, 0) is 9.59 Å². The first-order valence-electron chi connectivity index (χ1n) is 8.12. The van der Waals surface area contributed by atoms with Gasteiger partial charge in [0.2, 0.25) is 11.8 Å². The number of amides is 2. The highest BCUT2D eigenvalue weighted by Gasteiger charge is 2.24. The van der Waals surface area contributed by atoms with Crippen molar-refractivity contribution >= 4 is 28.3 Å². The van der Waals surface area contributed by atoms with Crippen LogP contribution < -0.4 is 5.32 Å². The predicted molar refractivity (Wildman–Crippen MR) is 89.4 cm³/mol. The molecular weight excluding hydrogens is 314 g/mol. The van der Waals surface area contributed by atoms with Crippen molar-refractivity contribution in [3.63, 3.8) is 0 Å². The summed E-state index contributed by atoms with van der Waals surface area (Å²) in [4.78, 5) is 34.4. The number of carbonyl (C=O) groups is 2. The number of hydrogen-bond donors (Lipinski definition) is 1. The third kappa shape index (κ3) is 4.73. The summed E-state index contributed by atoms with van der Waals surface area (Å²) in [5.74, 6) is 0.221. The molecule has 0 saturated carbocycles. The van der Waals surface area contributed by atoms with Crippen molar-refractivity contribution in [1.29, 1.82) is 0 Å². The molecule has 2 fully saturated rings. The van der Waals surface area contributed by atoms with Crippen LogP contribution in [0.2, 0.25) is 0 Å². The molecule has 23 heavy (non-hydrogen) atoms. The third-order valence-electron chi connectivity index (χ3n) is 4.33. The van der Waals surface area contributed by atoms with Crippen LogP contribution in [0.15, 0.2) is 11.6 Å². The molecule has 7 nitrogen and oxygen atoms in total. The van der Waals surface area contributed by atoms with Crippen LogP contribution in [0.5, 0.6) is 0 Å². The van der Waals surface area contributed by atoms with Gasteiger partial charge in [0, 0.05) is 50.8 Å². The highest BCUT2D eigenvalue weighted by atomic mass is 32.1. The van der Waals surface area contributed by atoms with Gasteiger partial charge in [-0.15, -0.1) is 11.3 Å². The lowest BCUT2D eigenvalue weighted by molar-refractivity contribution is -0.132. The average Bonchev–Trinajstić information content (AvgIpc) is 3.22. The van der Waals surface area contributed by atoms with Crippen LogP contribution in [0.4, 0.5) is 5.13 Å². The standard InChI is InChI=1S/C15H23N5O2S/c21-13(17-15-16-3-10-23-15)11-18-6-8-19(9-7-18)12-14(22)20-4-1-2-5-20/h3,10H,1-2,4-9,11-12H2,(H,16,17,21).